The number of rotatable bonds is 1. The molecule has 17 heavy (non-hydrogen) atoms. The Morgan fingerprint density at radius 1 is 1.29 bits per heavy atom. The fraction of sp³-hybridized carbons (Fsp3) is 0.923. The van der Waals surface area contributed by atoms with E-state index in [1.54, 1.807) is 0 Å². The van der Waals surface area contributed by atoms with Crippen molar-refractivity contribution < 1.29 is 9.90 Å². The van der Waals surface area contributed by atoms with Crippen LogP contribution < -0.4 is 5.32 Å². The van der Waals surface area contributed by atoms with E-state index >= 15 is 0 Å². The van der Waals surface area contributed by atoms with Gasteiger partial charge in [-0.15, -0.1) is 0 Å². The maximum Gasteiger partial charge on any atom is 0.226 e. The largest absolute Gasteiger partial charge is 0.393 e. The van der Waals surface area contributed by atoms with Crippen molar-refractivity contribution in [1.29, 1.82) is 0 Å². The minimum Gasteiger partial charge on any atom is -0.393 e. The van der Waals surface area contributed by atoms with E-state index in [-0.39, 0.29) is 17.6 Å². The molecule has 1 amide bonds. The van der Waals surface area contributed by atoms with Gasteiger partial charge in [-0.25, -0.2) is 0 Å². The summed E-state index contributed by atoms with van der Waals surface area (Å²) in [4.78, 5) is 14.5. The standard InChI is InChI=1S/C13H24N2O2/c1-13(2)9-14-7-8-15(13)12(17)10-3-5-11(16)6-4-10/h10-11,14,16H,3-9H2,1-2H3. The van der Waals surface area contributed by atoms with E-state index in [1.807, 2.05) is 4.90 Å². The third kappa shape index (κ3) is 2.80. The zero-order chi connectivity index (χ0) is 12.5. The topological polar surface area (TPSA) is 52.6 Å². The van der Waals surface area contributed by atoms with Crippen LogP contribution >= 0.6 is 0 Å². The Labute approximate surface area is 103 Å². The van der Waals surface area contributed by atoms with Crippen LogP contribution in [0.25, 0.3) is 0 Å². The maximum absolute atomic E-state index is 12.5. The minimum absolute atomic E-state index is 0.0780. The molecule has 1 aliphatic heterocycles. The number of aliphatic hydroxyl groups is 1. The number of carbonyl (C=O) groups is 1. The van der Waals surface area contributed by atoms with Crippen LogP contribution in [0.1, 0.15) is 39.5 Å². The summed E-state index contributed by atoms with van der Waals surface area (Å²) in [5.41, 5.74) is -0.0780. The quantitative estimate of drug-likeness (QED) is 0.711. The SMILES string of the molecule is CC1(C)CNCCN1C(=O)C1CCC(O)CC1. The van der Waals surface area contributed by atoms with E-state index in [0.717, 1.165) is 45.3 Å². The fourth-order valence-corrected chi connectivity index (χ4v) is 2.93. The normalized spacial score (nSPS) is 33.5. The summed E-state index contributed by atoms with van der Waals surface area (Å²) in [6.07, 6.45) is 3.07. The van der Waals surface area contributed by atoms with E-state index in [9.17, 15) is 9.90 Å². The van der Waals surface area contributed by atoms with Gasteiger partial charge in [-0.1, -0.05) is 0 Å². The molecule has 2 N–H and O–H groups in total. The number of hydrogen-bond acceptors (Lipinski definition) is 3. The molecule has 2 aliphatic rings. The number of nitrogens with zero attached hydrogens (tertiary/aromatic N) is 1. The highest BCUT2D eigenvalue weighted by molar-refractivity contribution is 5.79. The first kappa shape index (κ1) is 12.8. The summed E-state index contributed by atoms with van der Waals surface area (Å²) < 4.78 is 0. The van der Waals surface area contributed by atoms with Gasteiger partial charge in [0, 0.05) is 31.1 Å². The lowest BCUT2D eigenvalue weighted by Gasteiger charge is -2.45. The monoisotopic (exact) mass is 240 g/mol. The molecule has 0 radical (unpaired) electrons. The predicted molar refractivity (Wildman–Crippen MR) is 66.6 cm³/mol. The lowest BCUT2D eigenvalue weighted by atomic mass is 9.85. The van der Waals surface area contributed by atoms with Crippen LogP contribution in [0.5, 0.6) is 0 Å². The van der Waals surface area contributed by atoms with E-state index in [1.165, 1.54) is 0 Å². The first-order chi connectivity index (χ1) is 8.00. The van der Waals surface area contributed by atoms with Crippen LogP contribution in [-0.4, -0.2) is 47.2 Å². The summed E-state index contributed by atoms with van der Waals surface area (Å²) in [5, 5.41) is 12.8. The summed E-state index contributed by atoms with van der Waals surface area (Å²) in [5.74, 6) is 0.430. The Kier molecular flexibility index (Phi) is 3.73. The van der Waals surface area contributed by atoms with Crippen molar-refractivity contribution in [2.75, 3.05) is 19.6 Å². The zero-order valence-electron chi connectivity index (χ0n) is 10.9. The van der Waals surface area contributed by atoms with Crippen molar-refractivity contribution in [3.8, 4) is 0 Å². The van der Waals surface area contributed by atoms with Gasteiger partial charge in [0.1, 0.15) is 0 Å². The van der Waals surface area contributed by atoms with Crippen LogP contribution in [0.15, 0.2) is 0 Å². The van der Waals surface area contributed by atoms with Gasteiger partial charge in [0.25, 0.3) is 0 Å². The molecule has 2 fully saturated rings. The van der Waals surface area contributed by atoms with Crippen molar-refractivity contribution in [2.24, 2.45) is 5.92 Å². The highest BCUT2D eigenvalue weighted by Gasteiger charge is 2.37. The number of piperazine rings is 1. The van der Waals surface area contributed by atoms with Crippen molar-refractivity contribution in [1.82, 2.24) is 10.2 Å². The van der Waals surface area contributed by atoms with Crippen LogP contribution in [0.4, 0.5) is 0 Å². The third-order valence-electron chi connectivity index (χ3n) is 4.11. The average Bonchev–Trinajstić information content (AvgIpc) is 2.28. The van der Waals surface area contributed by atoms with E-state index < -0.39 is 0 Å². The van der Waals surface area contributed by atoms with Gasteiger partial charge in [0.05, 0.1) is 6.10 Å². The summed E-state index contributed by atoms with van der Waals surface area (Å²) in [6, 6.07) is 0. The molecule has 0 aromatic carbocycles. The molecular formula is C13H24N2O2. The van der Waals surface area contributed by atoms with Crippen molar-refractivity contribution in [3.05, 3.63) is 0 Å². The van der Waals surface area contributed by atoms with E-state index in [2.05, 4.69) is 19.2 Å². The second-order valence-corrected chi connectivity index (χ2v) is 5.98. The van der Waals surface area contributed by atoms with Gasteiger partial charge < -0.3 is 15.3 Å². The number of aliphatic hydroxyl groups excluding tert-OH is 1. The summed E-state index contributed by atoms with van der Waals surface area (Å²) in [6.45, 7) is 6.81. The molecule has 0 unspecified atom stereocenters. The Morgan fingerprint density at radius 2 is 1.94 bits per heavy atom. The van der Waals surface area contributed by atoms with Gasteiger partial charge in [0.15, 0.2) is 0 Å². The minimum atomic E-state index is -0.185. The predicted octanol–water partition coefficient (Wildman–Crippen LogP) is 0.748. The van der Waals surface area contributed by atoms with Gasteiger partial charge >= 0.3 is 0 Å². The number of hydrogen-bond donors (Lipinski definition) is 2. The van der Waals surface area contributed by atoms with Crippen LogP contribution in [0.2, 0.25) is 0 Å². The molecule has 0 aromatic rings. The van der Waals surface area contributed by atoms with Gasteiger partial charge in [0.2, 0.25) is 5.91 Å². The first-order valence-corrected chi connectivity index (χ1v) is 6.71. The molecule has 0 atom stereocenters. The van der Waals surface area contributed by atoms with E-state index in [0.29, 0.717) is 5.91 Å². The Hall–Kier alpha value is -0.610. The Balaban J connectivity index is 1.99. The fourth-order valence-electron chi connectivity index (χ4n) is 2.93. The molecule has 2 rings (SSSR count). The lowest BCUT2D eigenvalue weighted by Crippen LogP contribution is -2.61. The smallest absolute Gasteiger partial charge is 0.226 e. The highest BCUT2D eigenvalue weighted by Crippen LogP contribution is 2.28. The van der Waals surface area contributed by atoms with Crippen LogP contribution in [-0.2, 0) is 4.79 Å². The first-order valence-electron chi connectivity index (χ1n) is 6.71. The molecule has 0 spiro atoms. The Morgan fingerprint density at radius 3 is 2.53 bits per heavy atom. The summed E-state index contributed by atoms with van der Waals surface area (Å²) in [7, 11) is 0. The second-order valence-electron chi connectivity index (χ2n) is 5.98. The zero-order valence-corrected chi connectivity index (χ0v) is 10.9. The van der Waals surface area contributed by atoms with Crippen LogP contribution in [0, 0.1) is 5.92 Å². The molecule has 1 heterocycles. The van der Waals surface area contributed by atoms with Crippen molar-refractivity contribution >= 4 is 5.91 Å². The molecule has 4 heteroatoms. The average molecular weight is 240 g/mol. The van der Waals surface area contributed by atoms with Crippen molar-refractivity contribution in [3.63, 3.8) is 0 Å². The molecule has 0 bridgehead atoms. The second kappa shape index (κ2) is 4.94. The highest BCUT2D eigenvalue weighted by atomic mass is 16.3. The van der Waals surface area contributed by atoms with Gasteiger partial charge in [-0.3, -0.25) is 4.79 Å². The number of amides is 1. The number of carbonyl (C=O) groups excluding carboxylic acids is 1. The molecule has 1 saturated heterocycles. The molecule has 98 valence electrons. The van der Waals surface area contributed by atoms with Crippen molar-refractivity contribution in [2.45, 2.75) is 51.2 Å². The Bertz CT molecular complexity index is 283. The molecule has 0 aromatic heterocycles. The molecular weight excluding hydrogens is 216 g/mol. The number of nitrogens with one attached hydrogen (secondary N) is 1. The van der Waals surface area contributed by atoms with Gasteiger partial charge in [-0.05, 0) is 39.5 Å². The molecule has 1 aliphatic carbocycles. The molecule has 1 saturated carbocycles. The third-order valence-corrected chi connectivity index (χ3v) is 4.11. The maximum atomic E-state index is 12.5. The lowest BCUT2D eigenvalue weighted by molar-refractivity contribution is -0.143. The molecule has 4 nitrogen and oxygen atoms in total. The van der Waals surface area contributed by atoms with E-state index in [4.69, 9.17) is 0 Å². The van der Waals surface area contributed by atoms with Gasteiger partial charge in [-0.2, -0.15) is 0 Å². The summed E-state index contributed by atoms with van der Waals surface area (Å²) >= 11 is 0. The van der Waals surface area contributed by atoms with Crippen LogP contribution in [0.3, 0.4) is 0 Å².